The third-order valence-electron chi connectivity index (χ3n) is 3.65. The Morgan fingerprint density at radius 1 is 1.05 bits per heavy atom. The number of carbonyl (C=O) groups is 1. The van der Waals surface area contributed by atoms with Crippen LogP contribution in [-0.2, 0) is 6.42 Å². The van der Waals surface area contributed by atoms with E-state index in [1.54, 1.807) is 0 Å². The van der Waals surface area contributed by atoms with Crippen molar-refractivity contribution in [1.82, 2.24) is 4.98 Å². The molecule has 0 aliphatic carbocycles. The van der Waals surface area contributed by atoms with Crippen LogP contribution in [0.3, 0.4) is 0 Å². The van der Waals surface area contributed by atoms with Gasteiger partial charge in [-0.15, -0.1) is 0 Å². The summed E-state index contributed by atoms with van der Waals surface area (Å²) in [5.41, 5.74) is 5.04. The van der Waals surface area contributed by atoms with E-state index in [1.807, 2.05) is 24.3 Å². The molecular formula is C18H17NO. The molecule has 0 aliphatic heterocycles. The molecule has 0 atom stereocenters. The van der Waals surface area contributed by atoms with Gasteiger partial charge < -0.3 is 4.98 Å². The summed E-state index contributed by atoms with van der Waals surface area (Å²) >= 11 is 0. The van der Waals surface area contributed by atoms with Gasteiger partial charge in [0.2, 0.25) is 0 Å². The normalized spacial score (nSPS) is 10.8. The van der Waals surface area contributed by atoms with Crippen molar-refractivity contribution in [3.05, 3.63) is 59.7 Å². The Labute approximate surface area is 118 Å². The molecule has 0 radical (unpaired) electrons. The number of rotatable bonds is 4. The van der Waals surface area contributed by atoms with Crippen LogP contribution in [0.4, 0.5) is 0 Å². The van der Waals surface area contributed by atoms with Crippen LogP contribution in [0.1, 0.15) is 29.3 Å². The number of aromatic amines is 1. The van der Waals surface area contributed by atoms with E-state index in [-0.39, 0.29) is 0 Å². The zero-order valence-corrected chi connectivity index (χ0v) is 11.5. The number of para-hydroxylation sites is 1. The zero-order chi connectivity index (χ0) is 13.9. The molecule has 2 aromatic carbocycles. The van der Waals surface area contributed by atoms with Gasteiger partial charge in [0.1, 0.15) is 0 Å². The Balaban J connectivity index is 2.11. The number of carbonyl (C=O) groups excluding carboxylic acids is 1. The topological polar surface area (TPSA) is 32.9 Å². The first-order chi connectivity index (χ1) is 9.83. The maximum Gasteiger partial charge on any atom is 0.152 e. The van der Waals surface area contributed by atoms with Crippen LogP contribution in [0, 0.1) is 0 Å². The number of hydrogen-bond acceptors (Lipinski definition) is 1. The minimum Gasteiger partial charge on any atom is -0.354 e. The second-order valence-electron chi connectivity index (χ2n) is 5.02. The maximum atomic E-state index is 11.4. The number of H-pyrrole nitrogens is 1. The van der Waals surface area contributed by atoms with Gasteiger partial charge in [-0.1, -0.05) is 55.8 Å². The molecule has 0 unspecified atom stereocenters. The zero-order valence-electron chi connectivity index (χ0n) is 11.5. The Hall–Kier alpha value is -2.35. The molecule has 3 aromatic rings. The number of nitrogens with one attached hydrogen (secondary N) is 1. The lowest BCUT2D eigenvalue weighted by Gasteiger charge is -2.02. The highest BCUT2D eigenvalue weighted by molar-refractivity contribution is 6.04. The van der Waals surface area contributed by atoms with E-state index >= 15 is 0 Å². The molecule has 100 valence electrons. The molecule has 0 aliphatic rings. The number of aromatic nitrogens is 1. The van der Waals surface area contributed by atoms with Crippen molar-refractivity contribution in [2.24, 2.45) is 0 Å². The SMILES string of the molecule is CCCc1ccc(-c2[nH]c3ccccc3c2C=O)cc1. The standard InChI is InChI=1S/C18H17NO/c1-2-5-13-8-10-14(11-9-13)18-16(12-20)15-6-3-4-7-17(15)19-18/h3-4,6-12,19H,2,5H2,1H3. The van der Waals surface area contributed by atoms with Gasteiger partial charge in [0.05, 0.1) is 5.69 Å². The summed E-state index contributed by atoms with van der Waals surface area (Å²) in [7, 11) is 0. The summed E-state index contributed by atoms with van der Waals surface area (Å²) in [5.74, 6) is 0. The van der Waals surface area contributed by atoms with Crippen molar-refractivity contribution in [3.63, 3.8) is 0 Å². The number of hydrogen-bond donors (Lipinski definition) is 1. The molecule has 0 saturated heterocycles. The predicted octanol–water partition coefficient (Wildman–Crippen LogP) is 4.60. The fourth-order valence-electron chi connectivity index (χ4n) is 2.64. The van der Waals surface area contributed by atoms with Gasteiger partial charge in [0, 0.05) is 16.5 Å². The average molecular weight is 263 g/mol. The smallest absolute Gasteiger partial charge is 0.152 e. The van der Waals surface area contributed by atoms with Crippen LogP contribution < -0.4 is 0 Å². The minimum absolute atomic E-state index is 0.740. The van der Waals surface area contributed by atoms with Gasteiger partial charge in [-0.3, -0.25) is 4.79 Å². The van der Waals surface area contributed by atoms with Crippen LogP contribution >= 0.6 is 0 Å². The van der Waals surface area contributed by atoms with E-state index in [0.717, 1.165) is 46.9 Å². The first-order valence-corrected chi connectivity index (χ1v) is 6.98. The summed E-state index contributed by atoms with van der Waals surface area (Å²) in [6.45, 7) is 2.18. The molecule has 1 aromatic heterocycles. The van der Waals surface area contributed by atoms with Crippen molar-refractivity contribution in [2.75, 3.05) is 0 Å². The van der Waals surface area contributed by atoms with Gasteiger partial charge in [-0.2, -0.15) is 0 Å². The monoisotopic (exact) mass is 263 g/mol. The van der Waals surface area contributed by atoms with Crippen molar-refractivity contribution < 1.29 is 4.79 Å². The quantitative estimate of drug-likeness (QED) is 0.685. The summed E-state index contributed by atoms with van der Waals surface area (Å²) in [6, 6.07) is 16.4. The Morgan fingerprint density at radius 2 is 1.80 bits per heavy atom. The van der Waals surface area contributed by atoms with Gasteiger partial charge >= 0.3 is 0 Å². The van der Waals surface area contributed by atoms with Crippen LogP contribution in [0.25, 0.3) is 22.2 Å². The minimum atomic E-state index is 0.740. The van der Waals surface area contributed by atoms with Crippen molar-refractivity contribution in [1.29, 1.82) is 0 Å². The lowest BCUT2D eigenvalue weighted by molar-refractivity contribution is 0.112. The molecule has 0 fully saturated rings. The van der Waals surface area contributed by atoms with E-state index in [0.29, 0.717) is 0 Å². The molecule has 0 bridgehead atoms. The summed E-state index contributed by atoms with van der Waals surface area (Å²) < 4.78 is 0. The third-order valence-corrected chi connectivity index (χ3v) is 3.65. The lowest BCUT2D eigenvalue weighted by atomic mass is 10.0. The van der Waals surface area contributed by atoms with Crippen LogP contribution in [0.5, 0.6) is 0 Å². The van der Waals surface area contributed by atoms with Crippen LogP contribution in [-0.4, -0.2) is 11.3 Å². The summed E-state index contributed by atoms with van der Waals surface area (Å²) in [6.07, 6.45) is 3.17. The first-order valence-electron chi connectivity index (χ1n) is 6.98. The summed E-state index contributed by atoms with van der Waals surface area (Å²) in [5, 5.41) is 0.982. The molecule has 20 heavy (non-hydrogen) atoms. The first kappa shape index (κ1) is 12.7. The Morgan fingerprint density at radius 3 is 2.50 bits per heavy atom. The maximum absolute atomic E-state index is 11.4. The fraction of sp³-hybridized carbons (Fsp3) is 0.167. The van der Waals surface area contributed by atoms with Gasteiger partial charge in [0.15, 0.2) is 6.29 Å². The Bertz CT molecular complexity index is 738. The number of benzene rings is 2. The fourth-order valence-corrected chi connectivity index (χ4v) is 2.64. The van der Waals surface area contributed by atoms with Gasteiger partial charge in [-0.25, -0.2) is 0 Å². The van der Waals surface area contributed by atoms with E-state index in [4.69, 9.17) is 0 Å². The molecule has 2 heteroatoms. The Kier molecular flexibility index (Phi) is 3.38. The summed E-state index contributed by atoms with van der Waals surface area (Å²) in [4.78, 5) is 14.8. The molecule has 0 saturated carbocycles. The second kappa shape index (κ2) is 5.33. The molecule has 0 amide bonds. The molecule has 1 N–H and O–H groups in total. The van der Waals surface area contributed by atoms with E-state index < -0.39 is 0 Å². The number of aryl methyl sites for hydroxylation is 1. The van der Waals surface area contributed by atoms with Crippen LogP contribution in [0.15, 0.2) is 48.5 Å². The third kappa shape index (κ3) is 2.14. The van der Waals surface area contributed by atoms with E-state index in [9.17, 15) is 4.79 Å². The van der Waals surface area contributed by atoms with Gasteiger partial charge in [0.25, 0.3) is 0 Å². The molecule has 1 heterocycles. The highest BCUT2D eigenvalue weighted by Crippen LogP contribution is 2.29. The lowest BCUT2D eigenvalue weighted by Crippen LogP contribution is -1.87. The van der Waals surface area contributed by atoms with E-state index in [2.05, 4.69) is 36.2 Å². The highest BCUT2D eigenvalue weighted by Gasteiger charge is 2.11. The largest absolute Gasteiger partial charge is 0.354 e. The van der Waals surface area contributed by atoms with Gasteiger partial charge in [-0.05, 0) is 23.6 Å². The second-order valence-corrected chi connectivity index (χ2v) is 5.02. The highest BCUT2D eigenvalue weighted by atomic mass is 16.1. The van der Waals surface area contributed by atoms with Crippen molar-refractivity contribution >= 4 is 17.2 Å². The molecule has 0 spiro atoms. The number of fused-ring (bicyclic) bond motifs is 1. The molecule has 2 nitrogen and oxygen atoms in total. The van der Waals surface area contributed by atoms with E-state index in [1.165, 1.54) is 5.56 Å². The predicted molar refractivity (Wildman–Crippen MR) is 83.1 cm³/mol. The number of aldehydes is 1. The van der Waals surface area contributed by atoms with Crippen molar-refractivity contribution in [2.45, 2.75) is 19.8 Å². The average Bonchev–Trinajstić information content (AvgIpc) is 2.87. The molecule has 3 rings (SSSR count). The van der Waals surface area contributed by atoms with Crippen LogP contribution in [0.2, 0.25) is 0 Å². The molecular weight excluding hydrogens is 246 g/mol. The van der Waals surface area contributed by atoms with Crippen molar-refractivity contribution in [3.8, 4) is 11.3 Å².